The molecule has 1 N–H and O–H groups in total. The van der Waals surface area contributed by atoms with Gasteiger partial charge in [-0.25, -0.2) is 4.79 Å². The van der Waals surface area contributed by atoms with Crippen molar-refractivity contribution in [3.8, 4) is 0 Å². The second-order valence-corrected chi connectivity index (χ2v) is 6.09. The van der Waals surface area contributed by atoms with Gasteiger partial charge in [-0.05, 0) is 31.7 Å². The molecule has 0 aromatic heterocycles. The third-order valence-electron chi connectivity index (χ3n) is 3.94. The number of hydrogen-bond acceptors (Lipinski definition) is 3. The SMILES string of the molecule is CN1CCN(C(C)(C(=O)O)c2cccc(Br)c2)CC1. The standard InChI is InChI=1S/C14H19BrN2O2/c1-14(13(18)19,11-4-3-5-12(15)10-11)17-8-6-16(2)7-9-17/h3-5,10H,6-9H2,1-2H3,(H,18,19). The topological polar surface area (TPSA) is 43.8 Å². The average molecular weight is 327 g/mol. The number of likely N-dealkylation sites (N-methyl/N-ethyl adjacent to an activating group) is 1. The Labute approximate surface area is 122 Å². The molecule has 1 fully saturated rings. The van der Waals surface area contributed by atoms with Gasteiger partial charge in [-0.2, -0.15) is 0 Å². The summed E-state index contributed by atoms with van der Waals surface area (Å²) < 4.78 is 0.909. The smallest absolute Gasteiger partial charge is 0.328 e. The summed E-state index contributed by atoms with van der Waals surface area (Å²) in [6.45, 7) is 5.13. The van der Waals surface area contributed by atoms with E-state index in [-0.39, 0.29) is 0 Å². The van der Waals surface area contributed by atoms with Crippen LogP contribution in [0.5, 0.6) is 0 Å². The van der Waals surface area contributed by atoms with Crippen LogP contribution < -0.4 is 0 Å². The summed E-state index contributed by atoms with van der Waals surface area (Å²) in [6, 6.07) is 7.58. The van der Waals surface area contributed by atoms with Crippen molar-refractivity contribution >= 4 is 21.9 Å². The molecule has 1 aliphatic heterocycles. The Bertz CT molecular complexity index is 472. The highest BCUT2D eigenvalue weighted by Gasteiger charge is 2.42. The predicted octanol–water partition coefficient (Wildman–Crippen LogP) is 2.00. The van der Waals surface area contributed by atoms with Crippen molar-refractivity contribution in [2.75, 3.05) is 33.2 Å². The number of carboxylic acid groups (broad SMARTS) is 1. The van der Waals surface area contributed by atoms with Crippen molar-refractivity contribution in [2.24, 2.45) is 0 Å². The minimum Gasteiger partial charge on any atom is -0.480 e. The molecule has 19 heavy (non-hydrogen) atoms. The van der Waals surface area contributed by atoms with Crippen LogP contribution in [0.3, 0.4) is 0 Å². The van der Waals surface area contributed by atoms with Crippen LogP contribution in [0.4, 0.5) is 0 Å². The van der Waals surface area contributed by atoms with Gasteiger partial charge in [0.25, 0.3) is 0 Å². The van der Waals surface area contributed by atoms with Gasteiger partial charge in [-0.1, -0.05) is 28.1 Å². The maximum atomic E-state index is 11.8. The van der Waals surface area contributed by atoms with Crippen LogP contribution in [-0.2, 0) is 10.3 Å². The van der Waals surface area contributed by atoms with E-state index < -0.39 is 11.5 Å². The van der Waals surface area contributed by atoms with Crippen LogP contribution in [-0.4, -0.2) is 54.1 Å². The van der Waals surface area contributed by atoms with Gasteiger partial charge in [0.1, 0.15) is 5.54 Å². The number of rotatable bonds is 3. The first-order valence-electron chi connectivity index (χ1n) is 6.37. The van der Waals surface area contributed by atoms with Gasteiger partial charge in [0, 0.05) is 30.7 Å². The molecule has 0 amide bonds. The number of piperazine rings is 1. The lowest BCUT2D eigenvalue weighted by molar-refractivity contribution is -0.152. The molecule has 1 heterocycles. The quantitative estimate of drug-likeness (QED) is 0.922. The lowest BCUT2D eigenvalue weighted by Crippen LogP contribution is -2.56. The van der Waals surface area contributed by atoms with Crippen molar-refractivity contribution < 1.29 is 9.90 Å². The maximum absolute atomic E-state index is 11.8. The van der Waals surface area contributed by atoms with Gasteiger partial charge in [0.15, 0.2) is 0 Å². The Morgan fingerprint density at radius 1 is 1.32 bits per heavy atom. The lowest BCUT2D eigenvalue weighted by atomic mass is 9.89. The highest BCUT2D eigenvalue weighted by atomic mass is 79.9. The molecule has 4 nitrogen and oxygen atoms in total. The van der Waals surface area contributed by atoms with Crippen molar-refractivity contribution in [3.05, 3.63) is 34.3 Å². The minimum atomic E-state index is -0.967. The first-order chi connectivity index (χ1) is 8.94. The maximum Gasteiger partial charge on any atom is 0.328 e. The zero-order valence-corrected chi connectivity index (χ0v) is 12.9. The third-order valence-corrected chi connectivity index (χ3v) is 4.43. The van der Waals surface area contributed by atoms with Crippen LogP contribution in [0.25, 0.3) is 0 Å². The molecule has 2 rings (SSSR count). The summed E-state index contributed by atoms with van der Waals surface area (Å²) in [7, 11) is 2.06. The van der Waals surface area contributed by atoms with Gasteiger partial charge in [0.2, 0.25) is 0 Å². The summed E-state index contributed by atoms with van der Waals surface area (Å²) in [5, 5.41) is 9.72. The average Bonchev–Trinajstić information content (AvgIpc) is 2.38. The normalized spacial score (nSPS) is 21.0. The van der Waals surface area contributed by atoms with Crippen molar-refractivity contribution in [2.45, 2.75) is 12.5 Å². The fourth-order valence-electron chi connectivity index (χ4n) is 2.49. The molecular weight excluding hydrogens is 308 g/mol. The van der Waals surface area contributed by atoms with Gasteiger partial charge < -0.3 is 10.0 Å². The molecule has 1 unspecified atom stereocenters. The van der Waals surface area contributed by atoms with E-state index in [0.717, 1.165) is 36.2 Å². The van der Waals surface area contributed by atoms with E-state index in [4.69, 9.17) is 0 Å². The Morgan fingerprint density at radius 2 is 1.95 bits per heavy atom. The first-order valence-corrected chi connectivity index (χ1v) is 7.17. The molecule has 1 aromatic carbocycles. The van der Waals surface area contributed by atoms with Crippen molar-refractivity contribution in [1.29, 1.82) is 0 Å². The molecular formula is C14H19BrN2O2. The van der Waals surface area contributed by atoms with E-state index in [1.807, 2.05) is 24.3 Å². The molecule has 0 aliphatic carbocycles. The molecule has 5 heteroatoms. The van der Waals surface area contributed by atoms with Gasteiger partial charge in [0.05, 0.1) is 0 Å². The number of benzene rings is 1. The van der Waals surface area contributed by atoms with Crippen molar-refractivity contribution in [3.63, 3.8) is 0 Å². The predicted molar refractivity (Wildman–Crippen MR) is 78.2 cm³/mol. The van der Waals surface area contributed by atoms with Crippen LogP contribution >= 0.6 is 15.9 Å². The summed E-state index contributed by atoms with van der Waals surface area (Å²) in [5.74, 6) is -0.796. The Balaban J connectivity index is 2.35. The largest absolute Gasteiger partial charge is 0.480 e. The van der Waals surface area contributed by atoms with Gasteiger partial charge in [-0.15, -0.1) is 0 Å². The first kappa shape index (κ1) is 14.5. The molecule has 0 radical (unpaired) electrons. The fraction of sp³-hybridized carbons (Fsp3) is 0.500. The van der Waals surface area contributed by atoms with E-state index in [0.29, 0.717) is 0 Å². The summed E-state index contributed by atoms with van der Waals surface area (Å²) in [6.07, 6.45) is 0. The third kappa shape index (κ3) is 2.83. The highest BCUT2D eigenvalue weighted by Crippen LogP contribution is 2.31. The molecule has 1 aromatic rings. The summed E-state index contributed by atoms with van der Waals surface area (Å²) >= 11 is 3.42. The minimum absolute atomic E-state index is 0.770. The second kappa shape index (κ2) is 5.61. The van der Waals surface area contributed by atoms with Gasteiger partial charge >= 0.3 is 5.97 Å². The number of carbonyl (C=O) groups is 1. The summed E-state index contributed by atoms with van der Waals surface area (Å²) in [4.78, 5) is 16.1. The highest BCUT2D eigenvalue weighted by molar-refractivity contribution is 9.10. The molecule has 1 aliphatic rings. The summed E-state index contributed by atoms with van der Waals surface area (Å²) in [5.41, 5.74) is -0.149. The number of halogens is 1. The molecule has 1 atom stereocenters. The van der Waals surface area contributed by atoms with Gasteiger partial charge in [-0.3, -0.25) is 4.90 Å². The monoisotopic (exact) mass is 326 g/mol. The van der Waals surface area contributed by atoms with E-state index in [1.54, 1.807) is 6.92 Å². The zero-order valence-electron chi connectivity index (χ0n) is 11.3. The van der Waals surface area contributed by atoms with Crippen LogP contribution in [0.1, 0.15) is 12.5 Å². The molecule has 104 valence electrons. The molecule has 0 saturated carbocycles. The molecule has 0 bridgehead atoms. The number of hydrogen-bond donors (Lipinski definition) is 1. The zero-order chi connectivity index (χ0) is 14.0. The second-order valence-electron chi connectivity index (χ2n) is 5.18. The van der Waals surface area contributed by atoms with Crippen LogP contribution in [0, 0.1) is 0 Å². The Morgan fingerprint density at radius 3 is 2.47 bits per heavy atom. The molecule has 0 spiro atoms. The molecule has 1 saturated heterocycles. The Hall–Kier alpha value is -0.910. The number of carboxylic acids is 1. The number of nitrogens with zero attached hydrogens (tertiary/aromatic N) is 2. The number of aliphatic carboxylic acids is 1. The Kier molecular flexibility index (Phi) is 4.28. The van der Waals surface area contributed by atoms with Crippen molar-refractivity contribution in [1.82, 2.24) is 9.80 Å². The fourth-order valence-corrected chi connectivity index (χ4v) is 2.89. The lowest BCUT2D eigenvalue weighted by Gasteiger charge is -2.42. The van der Waals surface area contributed by atoms with Crippen LogP contribution in [0.2, 0.25) is 0 Å². The van der Waals surface area contributed by atoms with Crippen LogP contribution in [0.15, 0.2) is 28.7 Å². The van der Waals surface area contributed by atoms with E-state index in [2.05, 4.69) is 32.8 Å². The van der Waals surface area contributed by atoms with E-state index in [1.165, 1.54) is 0 Å². The van der Waals surface area contributed by atoms with E-state index >= 15 is 0 Å². The van der Waals surface area contributed by atoms with E-state index in [9.17, 15) is 9.90 Å².